The number of rotatable bonds is 7. The van der Waals surface area contributed by atoms with Crippen molar-refractivity contribution in [3.63, 3.8) is 0 Å². The van der Waals surface area contributed by atoms with Crippen molar-refractivity contribution in [1.29, 1.82) is 0 Å². The summed E-state index contributed by atoms with van der Waals surface area (Å²) in [6.07, 6.45) is -0.00337. The van der Waals surface area contributed by atoms with Crippen molar-refractivity contribution in [2.45, 2.75) is 25.9 Å². The van der Waals surface area contributed by atoms with Gasteiger partial charge in [-0.25, -0.2) is 0 Å². The highest BCUT2D eigenvalue weighted by molar-refractivity contribution is 5.71. The molecule has 0 spiro atoms. The van der Waals surface area contributed by atoms with Gasteiger partial charge in [0.05, 0.1) is 26.2 Å². The van der Waals surface area contributed by atoms with E-state index in [9.17, 15) is 15.0 Å². The highest BCUT2D eigenvalue weighted by Crippen LogP contribution is 2.34. The number of carboxylic acids is 1. The first-order valence-electron chi connectivity index (χ1n) is 6.17. The number of benzene rings is 1. The molecule has 5 heteroatoms. The van der Waals surface area contributed by atoms with Crippen LogP contribution in [0.25, 0.3) is 0 Å². The fourth-order valence-corrected chi connectivity index (χ4v) is 2.01. The number of ether oxygens (including phenoxy) is 2. The number of aliphatic hydroxyl groups excluding tert-OH is 1. The zero-order chi connectivity index (χ0) is 14.4. The molecule has 1 aromatic carbocycles. The monoisotopic (exact) mass is 268 g/mol. The molecule has 2 N–H and O–H groups in total. The van der Waals surface area contributed by atoms with Gasteiger partial charge < -0.3 is 19.7 Å². The van der Waals surface area contributed by atoms with Crippen LogP contribution in [0.4, 0.5) is 0 Å². The van der Waals surface area contributed by atoms with Gasteiger partial charge in [-0.3, -0.25) is 4.79 Å². The number of aliphatic hydroxyl groups is 1. The van der Waals surface area contributed by atoms with Crippen LogP contribution in [0.1, 0.15) is 31.4 Å². The number of hydrogen-bond acceptors (Lipinski definition) is 4. The van der Waals surface area contributed by atoms with E-state index >= 15 is 0 Å². The van der Waals surface area contributed by atoms with Gasteiger partial charge in [-0.2, -0.15) is 0 Å². The van der Waals surface area contributed by atoms with Crippen LogP contribution in [0.5, 0.6) is 11.5 Å². The maximum Gasteiger partial charge on any atom is 0.309 e. The van der Waals surface area contributed by atoms with Crippen LogP contribution in [0, 0.1) is 5.92 Å². The maximum absolute atomic E-state index is 11.2. The van der Waals surface area contributed by atoms with E-state index in [1.165, 1.54) is 14.2 Å². The molecule has 0 heterocycles. The lowest BCUT2D eigenvalue weighted by atomic mass is 9.91. The minimum Gasteiger partial charge on any atom is -0.497 e. The maximum atomic E-state index is 11.2. The summed E-state index contributed by atoms with van der Waals surface area (Å²) in [4.78, 5) is 11.2. The van der Waals surface area contributed by atoms with Crippen molar-refractivity contribution in [2.24, 2.45) is 5.92 Å². The standard InChI is InChI=1S/C14H20O5/c1-4-5-11(14(16)17)13(15)10-7-6-9(18-2)8-12(10)19-3/h6-8,11,13,15H,4-5H2,1-3H3,(H,16,17). The van der Waals surface area contributed by atoms with Crippen molar-refractivity contribution >= 4 is 5.97 Å². The average molecular weight is 268 g/mol. The Balaban J connectivity index is 3.09. The molecule has 0 aromatic heterocycles. The molecular weight excluding hydrogens is 248 g/mol. The predicted octanol–water partition coefficient (Wildman–Crippen LogP) is 2.24. The van der Waals surface area contributed by atoms with E-state index in [2.05, 4.69) is 0 Å². The molecule has 0 aliphatic rings. The number of methoxy groups -OCH3 is 2. The van der Waals surface area contributed by atoms with Crippen molar-refractivity contribution in [1.82, 2.24) is 0 Å². The van der Waals surface area contributed by atoms with E-state index in [1.807, 2.05) is 6.92 Å². The zero-order valence-corrected chi connectivity index (χ0v) is 11.4. The van der Waals surface area contributed by atoms with Gasteiger partial charge in [0, 0.05) is 11.6 Å². The minimum atomic E-state index is -1.10. The van der Waals surface area contributed by atoms with Gasteiger partial charge in [-0.15, -0.1) is 0 Å². The van der Waals surface area contributed by atoms with E-state index in [0.29, 0.717) is 29.9 Å². The second-order valence-electron chi connectivity index (χ2n) is 4.29. The topological polar surface area (TPSA) is 76.0 Å². The van der Waals surface area contributed by atoms with Gasteiger partial charge in [0.1, 0.15) is 11.5 Å². The summed E-state index contributed by atoms with van der Waals surface area (Å²) >= 11 is 0. The van der Waals surface area contributed by atoms with Gasteiger partial charge in [0.15, 0.2) is 0 Å². The number of aliphatic carboxylic acids is 1. The average Bonchev–Trinajstić information content (AvgIpc) is 2.42. The van der Waals surface area contributed by atoms with Crippen molar-refractivity contribution in [2.75, 3.05) is 14.2 Å². The molecule has 0 amide bonds. The third-order valence-corrected chi connectivity index (χ3v) is 3.06. The van der Waals surface area contributed by atoms with Gasteiger partial charge in [-0.1, -0.05) is 13.3 Å². The van der Waals surface area contributed by atoms with Gasteiger partial charge >= 0.3 is 5.97 Å². The van der Waals surface area contributed by atoms with Crippen LogP contribution in [0.15, 0.2) is 18.2 Å². The summed E-state index contributed by atoms with van der Waals surface area (Å²) < 4.78 is 10.3. The van der Waals surface area contributed by atoms with Gasteiger partial charge in [-0.05, 0) is 18.6 Å². The lowest BCUT2D eigenvalue weighted by Crippen LogP contribution is -2.22. The highest BCUT2D eigenvalue weighted by atomic mass is 16.5. The van der Waals surface area contributed by atoms with E-state index in [4.69, 9.17) is 9.47 Å². The normalized spacial score (nSPS) is 13.7. The van der Waals surface area contributed by atoms with Crippen LogP contribution in [0.3, 0.4) is 0 Å². The Hall–Kier alpha value is -1.75. The quantitative estimate of drug-likeness (QED) is 0.793. The molecule has 0 radical (unpaired) electrons. The molecule has 1 rings (SSSR count). The Kier molecular flexibility index (Phi) is 5.63. The van der Waals surface area contributed by atoms with E-state index in [-0.39, 0.29) is 0 Å². The fraction of sp³-hybridized carbons (Fsp3) is 0.500. The molecule has 0 aliphatic carbocycles. The van der Waals surface area contributed by atoms with Crippen molar-refractivity contribution in [3.05, 3.63) is 23.8 Å². The summed E-state index contributed by atoms with van der Waals surface area (Å²) in [5.74, 6) is -0.830. The number of carboxylic acid groups (broad SMARTS) is 1. The first-order chi connectivity index (χ1) is 9.04. The van der Waals surface area contributed by atoms with Crippen LogP contribution >= 0.6 is 0 Å². The number of hydrogen-bond donors (Lipinski definition) is 2. The van der Waals surface area contributed by atoms with Crippen molar-refractivity contribution < 1.29 is 24.5 Å². The Morgan fingerprint density at radius 2 is 2.00 bits per heavy atom. The third-order valence-electron chi connectivity index (χ3n) is 3.06. The SMILES string of the molecule is CCCC(C(=O)O)C(O)c1ccc(OC)cc1OC. The van der Waals surface area contributed by atoms with Crippen LogP contribution in [-0.2, 0) is 4.79 Å². The molecule has 0 aliphatic heterocycles. The van der Waals surface area contributed by atoms with Gasteiger partial charge in [0.25, 0.3) is 0 Å². The van der Waals surface area contributed by atoms with Crippen molar-refractivity contribution in [3.8, 4) is 11.5 Å². The summed E-state index contributed by atoms with van der Waals surface area (Å²) in [6, 6.07) is 4.93. The Labute approximate surface area is 112 Å². The second kappa shape index (κ2) is 6.99. The molecule has 0 fully saturated rings. The minimum absolute atomic E-state index is 0.408. The highest BCUT2D eigenvalue weighted by Gasteiger charge is 2.29. The molecule has 106 valence electrons. The molecule has 0 saturated heterocycles. The molecule has 0 bridgehead atoms. The van der Waals surface area contributed by atoms with Gasteiger partial charge in [0.2, 0.25) is 0 Å². The smallest absolute Gasteiger partial charge is 0.309 e. The van der Waals surface area contributed by atoms with E-state index in [1.54, 1.807) is 18.2 Å². The van der Waals surface area contributed by atoms with E-state index < -0.39 is 18.0 Å². The Morgan fingerprint density at radius 1 is 1.32 bits per heavy atom. The Morgan fingerprint density at radius 3 is 2.47 bits per heavy atom. The van der Waals surface area contributed by atoms with Crippen LogP contribution in [-0.4, -0.2) is 30.4 Å². The first-order valence-corrected chi connectivity index (χ1v) is 6.17. The zero-order valence-electron chi connectivity index (χ0n) is 11.4. The largest absolute Gasteiger partial charge is 0.497 e. The summed E-state index contributed by atoms with van der Waals surface area (Å²) in [5.41, 5.74) is 0.462. The van der Waals surface area contributed by atoms with Crippen LogP contribution in [0.2, 0.25) is 0 Å². The first kappa shape index (κ1) is 15.3. The summed E-state index contributed by atoms with van der Waals surface area (Å²) in [6.45, 7) is 1.88. The summed E-state index contributed by atoms with van der Waals surface area (Å²) in [7, 11) is 3.00. The molecule has 5 nitrogen and oxygen atoms in total. The lowest BCUT2D eigenvalue weighted by Gasteiger charge is -2.21. The fourth-order valence-electron chi connectivity index (χ4n) is 2.01. The summed E-state index contributed by atoms with van der Waals surface area (Å²) in [5, 5.41) is 19.4. The van der Waals surface area contributed by atoms with E-state index in [0.717, 1.165) is 0 Å². The molecule has 1 aromatic rings. The molecule has 2 atom stereocenters. The Bertz CT molecular complexity index is 430. The third kappa shape index (κ3) is 3.61. The predicted molar refractivity (Wildman–Crippen MR) is 70.5 cm³/mol. The van der Waals surface area contributed by atoms with Crippen LogP contribution < -0.4 is 9.47 Å². The molecule has 2 unspecified atom stereocenters. The molecule has 0 saturated carbocycles. The molecular formula is C14H20O5. The number of carbonyl (C=O) groups is 1. The molecule has 19 heavy (non-hydrogen) atoms. The lowest BCUT2D eigenvalue weighted by molar-refractivity contribution is -0.146. The second-order valence-corrected chi connectivity index (χ2v) is 4.29.